The minimum Gasteiger partial charge on any atom is -0.386 e. The summed E-state index contributed by atoms with van der Waals surface area (Å²) in [6, 6.07) is 2.52. The van der Waals surface area contributed by atoms with Gasteiger partial charge in [0.25, 0.3) is 6.43 Å². The van der Waals surface area contributed by atoms with Crippen molar-refractivity contribution in [1.82, 2.24) is 9.71 Å². The van der Waals surface area contributed by atoms with Crippen molar-refractivity contribution < 1.29 is 22.3 Å². The summed E-state index contributed by atoms with van der Waals surface area (Å²) >= 11 is 0. The number of hydrogen-bond donors (Lipinski definition) is 3. The molecule has 1 aromatic heterocycles. The lowest BCUT2D eigenvalue weighted by atomic mass is 10.4. The summed E-state index contributed by atoms with van der Waals surface area (Å²) in [7, 11) is -4.05. The van der Waals surface area contributed by atoms with Gasteiger partial charge >= 0.3 is 0 Å². The highest BCUT2D eigenvalue weighted by Gasteiger charge is 2.22. The molecule has 1 unspecified atom stereocenters. The van der Waals surface area contributed by atoms with E-state index in [0.29, 0.717) is 0 Å². The molecule has 9 heteroatoms. The van der Waals surface area contributed by atoms with Crippen LogP contribution in [0.4, 0.5) is 14.6 Å². The van der Waals surface area contributed by atoms with Crippen LogP contribution in [0.5, 0.6) is 0 Å². The molecule has 0 aromatic carbocycles. The molecule has 96 valence electrons. The molecule has 0 bridgehead atoms. The highest BCUT2D eigenvalue weighted by atomic mass is 32.2. The van der Waals surface area contributed by atoms with Crippen molar-refractivity contribution in [2.45, 2.75) is 17.4 Å². The van der Waals surface area contributed by atoms with Crippen LogP contribution >= 0.6 is 0 Å². The summed E-state index contributed by atoms with van der Waals surface area (Å²) in [5.41, 5.74) is 5.33. The Morgan fingerprint density at radius 1 is 1.53 bits per heavy atom. The molecule has 0 spiro atoms. The molecular weight excluding hydrogens is 256 g/mol. The molecule has 0 aliphatic carbocycles. The average molecular weight is 267 g/mol. The smallest absolute Gasteiger partial charge is 0.265 e. The predicted molar refractivity (Wildman–Crippen MR) is 55.8 cm³/mol. The predicted octanol–water partition coefficient (Wildman–Crippen LogP) is -0.432. The first-order valence-electron chi connectivity index (χ1n) is 4.51. The van der Waals surface area contributed by atoms with Gasteiger partial charge in [0.2, 0.25) is 10.0 Å². The van der Waals surface area contributed by atoms with Gasteiger partial charge in [-0.2, -0.15) is 0 Å². The molecule has 1 aromatic rings. The number of hydrogen-bond acceptors (Lipinski definition) is 5. The van der Waals surface area contributed by atoms with Gasteiger partial charge in [0.15, 0.2) is 0 Å². The van der Waals surface area contributed by atoms with Crippen LogP contribution in [-0.2, 0) is 10.0 Å². The zero-order chi connectivity index (χ0) is 13.1. The number of pyridine rings is 1. The molecule has 0 saturated carbocycles. The minimum atomic E-state index is -4.05. The Bertz CT molecular complexity index is 481. The number of aromatic nitrogens is 1. The Labute approximate surface area is 96.5 Å². The second-order valence-electron chi connectivity index (χ2n) is 3.14. The van der Waals surface area contributed by atoms with Crippen LogP contribution in [0.1, 0.15) is 0 Å². The topological polar surface area (TPSA) is 105 Å². The van der Waals surface area contributed by atoms with Gasteiger partial charge in [0, 0.05) is 12.7 Å². The molecule has 0 amide bonds. The lowest BCUT2D eigenvalue weighted by molar-refractivity contribution is -0.000450. The van der Waals surface area contributed by atoms with Crippen molar-refractivity contribution in [3.05, 3.63) is 18.3 Å². The lowest BCUT2D eigenvalue weighted by Crippen LogP contribution is -2.36. The SMILES string of the molecule is Nc1ncccc1S(=O)(=O)NCC(O)C(F)F. The summed E-state index contributed by atoms with van der Waals surface area (Å²) in [5, 5.41) is 8.78. The van der Waals surface area contributed by atoms with Crippen molar-refractivity contribution in [3.63, 3.8) is 0 Å². The fourth-order valence-electron chi connectivity index (χ4n) is 0.992. The molecule has 4 N–H and O–H groups in total. The Kier molecular flexibility index (Phi) is 4.32. The van der Waals surface area contributed by atoms with Gasteiger partial charge < -0.3 is 10.8 Å². The van der Waals surface area contributed by atoms with Crippen LogP contribution in [0, 0.1) is 0 Å². The lowest BCUT2D eigenvalue weighted by Gasteiger charge is -2.11. The van der Waals surface area contributed by atoms with Crippen LogP contribution in [0.25, 0.3) is 0 Å². The van der Waals surface area contributed by atoms with Crippen LogP contribution in [-0.4, -0.2) is 37.6 Å². The van der Waals surface area contributed by atoms with Gasteiger partial charge in [-0.25, -0.2) is 26.9 Å². The van der Waals surface area contributed by atoms with Crippen LogP contribution in [0.3, 0.4) is 0 Å². The van der Waals surface area contributed by atoms with E-state index >= 15 is 0 Å². The number of anilines is 1. The number of nitrogens with zero attached hydrogens (tertiary/aromatic N) is 1. The largest absolute Gasteiger partial charge is 0.386 e. The number of aliphatic hydroxyl groups excluding tert-OH is 1. The first kappa shape index (κ1) is 13.7. The number of sulfonamides is 1. The number of nitrogens with two attached hydrogens (primary N) is 1. The van der Waals surface area contributed by atoms with Crippen molar-refractivity contribution in [3.8, 4) is 0 Å². The monoisotopic (exact) mass is 267 g/mol. The van der Waals surface area contributed by atoms with E-state index in [-0.39, 0.29) is 10.7 Å². The van der Waals surface area contributed by atoms with Crippen molar-refractivity contribution in [1.29, 1.82) is 0 Å². The summed E-state index contributed by atoms with van der Waals surface area (Å²) in [6.45, 7) is -0.797. The summed E-state index contributed by atoms with van der Waals surface area (Å²) in [5.74, 6) is -0.244. The first-order chi connectivity index (χ1) is 7.84. The average Bonchev–Trinajstić information content (AvgIpc) is 2.26. The quantitative estimate of drug-likeness (QED) is 0.671. The molecule has 0 aliphatic heterocycles. The second kappa shape index (κ2) is 5.34. The van der Waals surface area contributed by atoms with Gasteiger partial charge in [-0.3, -0.25) is 0 Å². The standard InChI is InChI=1S/C8H11F2N3O3S/c9-7(10)5(14)4-13-17(15,16)6-2-1-3-12-8(6)11/h1-3,5,7,13-14H,4H2,(H2,11,12). The molecule has 6 nitrogen and oxygen atoms in total. The molecule has 1 rings (SSSR count). The third kappa shape index (κ3) is 3.58. The van der Waals surface area contributed by atoms with Gasteiger partial charge in [0.05, 0.1) is 0 Å². The number of halogens is 2. The molecule has 1 atom stereocenters. The summed E-state index contributed by atoms with van der Waals surface area (Å²) in [4.78, 5) is 3.24. The van der Waals surface area contributed by atoms with Gasteiger partial charge in [0.1, 0.15) is 16.8 Å². The summed E-state index contributed by atoms with van der Waals surface area (Å²) < 4.78 is 48.9. The molecule has 0 aliphatic rings. The van der Waals surface area contributed by atoms with E-state index in [1.807, 2.05) is 4.72 Å². The number of alkyl halides is 2. The van der Waals surface area contributed by atoms with Crippen LogP contribution in [0.15, 0.2) is 23.2 Å². The van der Waals surface area contributed by atoms with Crippen molar-refractivity contribution >= 4 is 15.8 Å². The third-order valence-corrected chi connectivity index (χ3v) is 3.33. The Hall–Kier alpha value is -1.32. The fraction of sp³-hybridized carbons (Fsp3) is 0.375. The van der Waals surface area contributed by atoms with Crippen molar-refractivity contribution in [2.75, 3.05) is 12.3 Å². The number of rotatable bonds is 5. The maximum absolute atomic E-state index is 12.0. The van der Waals surface area contributed by atoms with E-state index in [0.717, 1.165) is 0 Å². The van der Waals surface area contributed by atoms with E-state index < -0.39 is 29.1 Å². The molecule has 0 radical (unpaired) electrons. The molecule has 1 heterocycles. The van der Waals surface area contributed by atoms with E-state index in [1.165, 1.54) is 18.3 Å². The van der Waals surface area contributed by atoms with Gasteiger partial charge in [-0.05, 0) is 12.1 Å². The summed E-state index contributed by atoms with van der Waals surface area (Å²) in [6.07, 6.45) is -3.80. The van der Waals surface area contributed by atoms with Crippen molar-refractivity contribution in [2.24, 2.45) is 0 Å². The number of nitrogen functional groups attached to an aromatic ring is 1. The second-order valence-corrected chi connectivity index (χ2v) is 4.88. The molecule has 17 heavy (non-hydrogen) atoms. The molecule has 0 saturated heterocycles. The highest BCUT2D eigenvalue weighted by molar-refractivity contribution is 7.89. The zero-order valence-corrected chi connectivity index (χ0v) is 9.36. The zero-order valence-electron chi connectivity index (χ0n) is 8.55. The first-order valence-corrected chi connectivity index (χ1v) is 5.99. The number of nitrogens with one attached hydrogen (secondary N) is 1. The van der Waals surface area contributed by atoms with E-state index in [1.54, 1.807) is 0 Å². The van der Waals surface area contributed by atoms with E-state index in [2.05, 4.69) is 4.98 Å². The Balaban J connectivity index is 2.80. The van der Waals surface area contributed by atoms with Crippen LogP contribution < -0.4 is 10.5 Å². The normalized spacial score (nSPS) is 13.9. The fourth-order valence-corrected chi connectivity index (χ4v) is 2.12. The number of aliphatic hydroxyl groups is 1. The van der Waals surface area contributed by atoms with E-state index in [4.69, 9.17) is 10.8 Å². The van der Waals surface area contributed by atoms with E-state index in [9.17, 15) is 17.2 Å². The highest BCUT2D eigenvalue weighted by Crippen LogP contribution is 2.14. The molecular formula is C8H11F2N3O3S. The van der Waals surface area contributed by atoms with Gasteiger partial charge in [-0.15, -0.1) is 0 Å². The maximum atomic E-state index is 12.0. The molecule has 0 fully saturated rings. The third-order valence-electron chi connectivity index (χ3n) is 1.86. The van der Waals surface area contributed by atoms with Gasteiger partial charge in [-0.1, -0.05) is 0 Å². The van der Waals surface area contributed by atoms with Crippen LogP contribution in [0.2, 0.25) is 0 Å². The minimum absolute atomic E-state index is 0.244. The maximum Gasteiger partial charge on any atom is 0.265 e. The Morgan fingerprint density at radius 2 is 2.18 bits per heavy atom. The Morgan fingerprint density at radius 3 is 2.71 bits per heavy atom.